The van der Waals surface area contributed by atoms with Crippen LogP contribution in [-0.4, -0.2) is 35.8 Å². The van der Waals surface area contributed by atoms with E-state index in [1.165, 1.54) is 0 Å². The third kappa shape index (κ3) is 3.73. The highest BCUT2D eigenvalue weighted by molar-refractivity contribution is 7.89. The monoisotopic (exact) mass is 473 g/mol. The molecule has 6 rings (SSSR count). The molecule has 7 nitrogen and oxygen atoms in total. The molecule has 3 atom stereocenters. The molecule has 0 aliphatic carbocycles. The number of rotatable bonds is 5. The first-order valence-corrected chi connectivity index (χ1v) is 13.2. The zero-order valence-corrected chi connectivity index (χ0v) is 19.5. The Balaban J connectivity index is 1.42. The summed E-state index contributed by atoms with van der Waals surface area (Å²) in [4.78, 5) is 8.77. The van der Waals surface area contributed by atoms with Gasteiger partial charge < -0.3 is 4.98 Å². The Morgan fingerprint density at radius 2 is 1.47 bits per heavy atom. The second-order valence-electron chi connectivity index (χ2n) is 9.00. The second kappa shape index (κ2) is 8.63. The van der Waals surface area contributed by atoms with Gasteiger partial charge in [-0.3, -0.25) is 0 Å². The van der Waals surface area contributed by atoms with Crippen LogP contribution in [0.1, 0.15) is 47.8 Å². The number of sulfonamides is 1. The number of hydrogen-bond acceptors (Lipinski definition) is 5. The molecule has 0 spiro atoms. The molecule has 3 N–H and O–H groups in total. The van der Waals surface area contributed by atoms with Crippen molar-refractivity contribution in [1.29, 1.82) is 0 Å². The molecule has 2 aliphatic rings. The molecular formula is C26H27N5O2S. The molecule has 0 radical (unpaired) electrons. The van der Waals surface area contributed by atoms with Gasteiger partial charge >= 0.3 is 0 Å². The predicted octanol–water partition coefficient (Wildman–Crippen LogP) is 4.02. The number of hydrazine groups is 1. The van der Waals surface area contributed by atoms with Crippen LogP contribution in [0, 0.1) is 0 Å². The van der Waals surface area contributed by atoms with Crippen LogP contribution in [0.4, 0.5) is 0 Å². The van der Waals surface area contributed by atoms with Gasteiger partial charge in [0, 0.05) is 13.1 Å². The SMILES string of the molecule is O=S(=O)(c1cccc(C2NNC(c3ccccc3)C2c2nc3ccccc3[nH]2)c1)N1CCCC1. The fourth-order valence-corrected chi connectivity index (χ4v) is 6.76. The Morgan fingerprint density at radius 3 is 2.24 bits per heavy atom. The summed E-state index contributed by atoms with van der Waals surface area (Å²) in [6, 6.07) is 25.4. The fourth-order valence-electron chi connectivity index (χ4n) is 5.19. The lowest BCUT2D eigenvalue weighted by atomic mass is 9.85. The molecule has 2 saturated heterocycles. The van der Waals surface area contributed by atoms with Crippen molar-refractivity contribution in [2.24, 2.45) is 0 Å². The van der Waals surface area contributed by atoms with Crippen molar-refractivity contribution in [1.82, 2.24) is 25.1 Å². The first-order valence-electron chi connectivity index (χ1n) is 11.7. The van der Waals surface area contributed by atoms with Crippen LogP contribution >= 0.6 is 0 Å². The lowest BCUT2D eigenvalue weighted by molar-refractivity contribution is 0.477. The first-order chi connectivity index (χ1) is 16.6. The van der Waals surface area contributed by atoms with Crippen molar-refractivity contribution in [2.75, 3.05) is 13.1 Å². The third-order valence-corrected chi connectivity index (χ3v) is 8.81. The maximum atomic E-state index is 13.2. The molecule has 174 valence electrons. The summed E-state index contributed by atoms with van der Waals surface area (Å²) in [5.41, 5.74) is 10.9. The maximum absolute atomic E-state index is 13.2. The van der Waals surface area contributed by atoms with E-state index >= 15 is 0 Å². The van der Waals surface area contributed by atoms with E-state index in [1.54, 1.807) is 10.4 Å². The molecule has 0 amide bonds. The van der Waals surface area contributed by atoms with E-state index in [9.17, 15) is 8.42 Å². The summed E-state index contributed by atoms with van der Waals surface area (Å²) in [6.07, 6.45) is 1.83. The predicted molar refractivity (Wildman–Crippen MR) is 131 cm³/mol. The quantitative estimate of drug-likeness (QED) is 0.407. The summed E-state index contributed by atoms with van der Waals surface area (Å²) in [7, 11) is -3.50. The van der Waals surface area contributed by atoms with Gasteiger partial charge in [0.05, 0.1) is 33.9 Å². The summed E-state index contributed by atoms with van der Waals surface area (Å²) in [6.45, 7) is 1.18. The summed E-state index contributed by atoms with van der Waals surface area (Å²) in [5, 5.41) is 0. The number of para-hydroxylation sites is 2. The Labute approximate surface area is 199 Å². The Morgan fingerprint density at radius 1 is 0.794 bits per heavy atom. The molecule has 1 aromatic heterocycles. The second-order valence-corrected chi connectivity index (χ2v) is 10.9. The average molecular weight is 474 g/mol. The highest BCUT2D eigenvalue weighted by atomic mass is 32.2. The molecular weight excluding hydrogens is 446 g/mol. The first kappa shape index (κ1) is 21.5. The van der Waals surface area contributed by atoms with Gasteiger partial charge in [0.1, 0.15) is 5.82 Å². The zero-order valence-electron chi connectivity index (χ0n) is 18.7. The number of benzene rings is 3. The molecule has 0 saturated carbocycles. The molecule has 3 aromatic carbocycles. The van der Waals surface area contributed by atoms with Crippen molar-refractivity contribution in [3.8, 4) is 0 Å². The van der Waals surface area contributed by atoms with Crippen molar-refractivity contribution < 1.29 is 8.42 Å². The summed E-state index contributed by atoms with van der Waals surface area (Å²) < 4.78 is 28.0. The topological polar surface area (TPSA) is 90.1 Å². The van der Waals surface area contributed by atoms with Crippen LogP contribution in [-0.2, 0) is 10.0 Å². The van der Waals surface area contributed by atoms with E-state index in [1.807, 2.05) is 60.7 Å². The van der Waals surface area contributed by atoms with Crippen LogP contribution < -0.4 is 10.9 Å². The average Bonchev–Trinajstić information content (AvgIpc) is 3.64. The molecule has 2 fully saturated rings. The van der Waals surface area contributed by atoms with Gasteiger partial charge in [-0.2, -0.15) is 4.31 Å². The van der Waals surface area contributed by atoms with Crippen molar-refractivity contribution in [3.63, 3.8) is 0 Å². The molecule has 3 heterocycles. The lowest BCUT2D eigenvalue weighted by Crippen LogP contribution is -2.28. The zero-order chi connectivity index (χ0) is 23.1. The largest absolute Gasteiger partial charge is 0.342 e. The number of hydrogen-bond donors (Lipinski definition) is 3. The minimum Gasteiger partial charge on any atom is -0.342 e. The molecule has 0 bridgehead atoms. The number of nitrogens with zero attached hydrogens (tertiary/aromatic N) is 2. The highest BCUT2D eigenvalue weighted by Crippen LogP contribution is 2.44. The molecule has 8 heteroatoms. The van der Waals surface area contributed by atoms with E-state index in [0.29, 0.717) is 18.0 Å². The van der Waals surface area contributed by atoms with Crippen molar-refractivity contribution in [3.05, 3.63) is 95.8 Å². The van der Waals surface area contributed by atoms with Gasteiger partial charge in [-0.25, -0.2) is 24.3 Å². The third-order valence-electron chi connectivity index (χ3n) is 6.91. The van der Waals surface area contributed by atoms with E-state index in [-0.39, 0.29) is 18.0 Å². The lowest BCUT2D eigenvalue weighted by Gasteiger charge is -2.23. The smallest absolute Gasteiger partial charge is 0.243 e. The van der Waals surface area contributed by atoms with Gasteiger partial charge in [0.2, 0.25) is 10.0 Å². The fraction of sp³-hybridized carbons (Fsp3) is 0.269. The molecule has 4 aromatic rings. The standard InChI is InChI=1S/C26H27N5O2S/c32-34(33,31-15-6-7-16-31)20-12-8-11-19(17-20)25-23(24(29-30-25)18-9-2-1-3-10-18)26-27-21-13-4-5-14-22(21)28-26/h1-5,8-14,17,23-25,29-30H,6-7,15-16H2,(H,27,28). The molecule has 2 aliphatic heterocycles. The summed E-state index contributed by atoms with van der Waals surface area (Å²) in [5.74, 6) is 0.796. The minimum atomic E-state index is -3.50. The van der Waals surface area contributed by atoms with Crippen LogP contribution in [0.3, 0.4) is 0 Å². The number of H-pyrrole nitrogens is 1. The number of aromatic nitrogens is 2. The maximum Gasteiger partial charge on any atom is 0.243 e. The number of nitrogens with one attached hydrogen (secondary N) is 3. The normalized spacial score (nSPS) is 23.6. The van der Waals surface area contributed by atoms with Gasteiger partial charge in [-0.15, -0.1) is 0 Å². The van der Waals surface area contributed by atoms with Crippen LogP contribution in [0.15, 0.2) is 83.8 Å². The Bertz CT molecular complexity index is 1380. The van der Waals surface area contributed by atoms with Crippen LogP contribution in [0.25, 0.3) is 11.0 Å². The Kier molecular flexibility index (Phi) is 5.45. The summed E-state index contributed by atoms with van der Waals surface area (Å²) >= 11 is 0. The number of imidazole rings is 1. The molecule has 3 unspecified atom stereocenters. The van der Waals surface area contributed by atoms with Gasteiger partial charge in [0.15, 0.2) is 0 Å². The van der Waals surface area contributed by atoms with Gasteiger partial charge in [-0.05, 0) is 48.2 Å². The van der Waals surface area contributed by atoms with Gasteiger partial charge in [-0.1, -0.05) is 54.6 Å². The highest BCUT2D eigenvalue weighted by Gasteiger charge is 2.41. The van der Waals surface area contributed by atoms with Crippen LogP contribution in [0.2, 0.25) is 0 Å². The van der Waals surface area contributed by atoms with Crippen LogP contribution in [0.5, 0.6) is 0 Å². The molecule has 34 heavy (non-hydrogen) atoms. The van der Waals surface area contributed by atoms with E-state index in [4.69, 9.17) is 4.98 Å². The van der Waals surface area contributed by atoms with E-state index in [0.717, 1.165) is 40.8 Å². The number of aromatic amines is 1. The number of fused-ring (bicyclic) bond motifs is 1. The van der Waals surface area contributed by atoms with Gasteiger partial charge in [0.25, 0.3) is 0 Å². The Hall–Kier alpha value is -3.04. The van der Waals surface area contributed by atoms with E-state index in [2.05, 4.69) is 28.0 Å². The van der Waals surface area contributed by atoms with E-state index < -0.39 is 10.0 Å². The minimum absolute atomic E-state index is 0.0365. The van der Waals surface area contributed by atoms with Crippen molar-refractivity contribution >= 4 is 21.1 Å². The van der Waals surface area contributed by atoms with Crippen molar-refractivity contribution in [2.45, 2.75) is 35.7 Å².